The molecule has 7 heteroatoms. The molecule has 2 atom stereocenters. The summed E-state index contributed by atoms with van der Waals surface area (Å²) in [4.78, 5) is 18.8. The molecule has 0 unspecified atom stereocenters. The van der Waals surface area contributed by atoms with E-state index in [1.54, 1.807) is 16.6 Å². The molecule has 1 aromatic heterocycles. The van der Waals surface area contributed by atoms with E-state index in [1.807, 2.05) is 20.8 Å². The highest BCUT2D eigenvalue weighted by atomic mass is 32.2. The van der Waals surface area contributed by atoms with Gasteiger partial charge in [-0.1, -0.05) is 0 Å². The van der Waals surface area contributed by atoms with Crippen molar-refractivity contribution in [3.05, 3.63) is 16.6 Å². The number of aromatic nitrogens is 1. The Morgan fingerprint density at radius 3 is 2.95 bits per heavy atom. The maximum Gasteiger partial charge on any atom is 0.410 e. The van der Waals surface area contributed by atoms with Crippen LogP contribution in [0.25, 0.3) is 0 Å². The summed E-state index contributed by atoms with van der Waals surface area (Å²) in [5.74, 6) is 0.525. The van der Waals surface area contributed by atoms with E-state index in [9.17, 15) is 9.00 Å². The minimum absolute atomic E-state index is 0.0216. The molecule has 1 fully saturated rings. The molecule has 1 aromatic rings. The van der Waals surface area contributed by atoms with Gasteiger partial charge in [-0.25, -0.2) is 4.79 Å². The first-order chi connectivity index (χ1) is 9.85. The van der Waals surface area contributed by atoms with Crippen molar-refractivity contribution in [2.45, 2.75) is 50.2 Å². The molecule has 0 saturated carbocycles. The van der Waals surface area contributed by atoms with Crippen molar-refractivity contribution in [1.29, 1.82) is 0 Å². The maximum absolute atomic E-state index is 12.4. The summed E-state index contributed by atoms with van der Waals surface area (Å²) in [6.45, 7) is 6.76. The molecule has 2 heterocycles. The lowest BCUT2D eigenvalue weighted by atomic mass is 10.1. The summed E-state index contributed by atoms with van der Waals surface area (Å²) in [5.41, 5.74) is 1.26. The Morgan fingerprint density at radius 2 is 2.33 bits per heavy atom. The zero-order chi connectivity index (χ0) is 15.5. The summed E-state index contributed by atoms with van der Waals surface area (Å²) in [6, 6.07) is 0. The third-order valence-corrected chi connectivity index (χ3v) is 5.86. The molecule has 1 saturated heterocycles. The summed E-state index contributed by atoms with van der Waals surface area (Å²) in [7, 11) is -0.975. The fourth-order valence-corrected chi connectivity index (χ4v) is 4.58. The van der Waals surface area contributed by atoms with Crippen molar-refractivity contribution < 1.29 is 13.7 Å². The number of hydrogen-bond acceptors (Lipinski definition) is 5. The molecule has 2 rings (SSSR count). The van der Waals surface area contributed by atoms with E-state index in [0.29, 0.717) is 18.8 Å². The van der Waals surface area contributed by atoms with Crippen LogP contribution in [0.5, 0.6) is 0 Å². The molecule has 118 valence electrons. The van der Waals surface area contributed by atoms with Gasteiger partial charge in [0.15, 0.2) is 0 Å². The Labute approximate surface area is 132 Å². The number of nitrogens with zero attached hydrogens (tertiary/aromatic N) is 2. The summed E-state index contributed by atoms with van der Waals surface area (Å²) in [6.07, 6.45) is 3.22. The van der Waals surface area contributed by atoms with Crippen LogP contribution in [0.3, 0.4) is 0 Å². The number of ether oxygens (including phenoxy) is 1. The second-order valence-corrected chi connectivity index (χ2v) is 8.87. The number of piperidine rings is 1. The van der Waals surface area contributed by atoms with Crippen LogP contribution in [-0.4, -0.2) is 44.1 Å². The van der Waals surface area contributed by atoms with Crippen LogP contribution in [0, 0.1) is 0 Å². The number of likely N-dealkylation sites (tertiary alicyclic amines) is 1. The van der Waals surface area contributed by atoms with Crippen LogP contribution < -0.4 is 0 Å². The molecule has 0 N–H and O–H groups in total. The van der Waals surface area contributed by atoms with E-state index in [0.717, 1.165) is 17.7 Å². The number of carbonyl (C=O) groups excluding carboxylic acids is 1. The van der Waals surface area contributed by atoms with Crippen LogP contribution >= 0.6 is 11.3 Å². The van der Waals surface area contributed by atoms with E-state index < -0.39 is 16.4 Å². The fraction of sp³-hybridized carbons (Fsp3) is 0.714. The van der Waals surface area contributed by atoms with E-state index >= 15 is 0 Å². The smallest absolute Gasteiger partial charge is 0.410 e. The van der Waals surface area contributed by atoms with E-state index in [4.69, 9.17) is 4.74 Å². The van der Waals surface area contributed by atoms with Crippen molar-refractivity contribution in [2.75, 3.05) is 13.1 Å². The van der Waals surface area contributed by atoms with Gasteiger partial charge in [-0.2, -0.15) is 0 Å². The van der Waals surface area contributed by atoms with Crippen LogP contribution in [-0.2, 0) is 21.3 Å². The third kappa shape index (κ3) is 5.07. The van der Waals surface area contributed by atoms with Crippen molar-refractivity contribution in [3.8, 4) is 0 Å². The average molecular weight is 330 g/mol. The monoisotopic (exact) mass is 330 g/mol. The molecule has 0 aliphatic carbocycles. The Balaban J connectivity index is 1.91. The van der Waals surface area contributed by atoms with Crippen LogP contribution in [0.1, 0.15) is 38.5 Å². The van der Waals surface area contributed by atoms with Crippen LogP contribution in [0.15, 0.2) is 11.7 Å². The lowest BCUT2D eigenvalue weighted by Crippen LogP contribution is -2.46. The van der Waals surface area contributed by atoms with Gasteiger partial charge < -0.3 is 9.64 Å². The Morgan fingerprint density at radius 1 is 1.57 bits per heavy atom. The molecular weight excluding hydrogens is 308 g/mol. The fourth-order valence-electron chi connectivity index (χ4n) is 2.22. The molecule has 0 radical (unpaired) electrons. The summed E-state index contributed by atoms with van der Waals surface area (Å²) >= 11 is 1.52. The van der Waals surface area contributed by atoms with Crippen LogP contribution in [0.2, 0.25) is 0 Å². The quantitative estimate of drug-likeness (QED) is 0.855. The lowest BCUT2D eigenvalue weighted by Gasteiger charge is -2.33. The van der Waals surface area contributed by atoms with Crippen LogP contribution in [0.4, 0.5) is 4.79 Å². The van der Waals surface area contributed by atoms with Gasteiger partial charge in [0.25, 0.3) is 0 Å². The molecule has 0 aromatic carbocycles. The standard InChI is InChI=1S/C14H22N2O3S2/c1-14(2,3)19-13(17)16-6-4-5-12(8-16)21(18)9-11-7-15-10-20-11/h7,10,12H,4-6,8-9H2,1-3H3/t12-,21+/m1/s1. The zero-order valence-electron chi connectivity index (χ0n) is 12.7. The van der Waals surface area contributed by atoms with E-state index in [-0.39, 0.29) is 11.3 Å². The van der Waals surface area contributed by atoms with Gasteiger partial charge in [0.05, 0.1) is 16.5 Å². The third-order valence-electron chi connectivity index (χ3n) is 3.17. The summed E-state index contributed by atoms with van der Waals surface area (Å²) < 4.78 is 17.8. The van der Waals surface area contributed by atoms with Gasteiger partial charge in [0, 0.05) is 35.0 Å². The highest BCUT2D eigenvalue weighted by Gasteiger charge is 2.30. The molecule has 1 aliphatic heterocycles. The van der Waals surface area contributed by atoms with Gasteiger partial charge in [-0.05, 0) is 33.6 Å². The predicted molar refractivity (Wildman–Crippen MR) is 84.8 cm³/mol. The molecule has 0 bridgehead atoms. The number of hydrogen-bond donors (Lipinski definition) is 0. The first-order valence-electron chi connectivity index (χ1n) is 7.07. The molecular formula is C14H22N2O3S2. The van der Waals surface area contributed by atoms with E-state index in [1.165, 1.54) is 11.3 Å². The van der Waals surface area contributed by atoms with Crippen molar-refractivity contribution in [1.82, 2.24) is 9.88 Å². The number of rotatable bonds is 3. The van der Waals surface area contributed by atoms with Gasteiger partial charge >= 0.3 is 6.09 Å². The number of thiazole rings is 1. The highest BCUT2D eigenvalue weighted by molar-refractivity contribution is 7.85. The van der Waals surface area contributed by atoms with Gasteiger partial charge in [0.2, 0.25) is 0 Å². The lowest BCUT2D eigenvalue weighted by molar-refractivity contribution is 0.0219. The SMILES string of the molecule is CC(C)(C)OC(=O)N1CCC[C@@H]([S@@](=O)Cc2cncs2)C1. The largest absolute Gasteiger partial charge is 0.444 e. The normalized spacial score (nSPS) is 21.1. The second kappa shape index (κ2) is 6.87. The number of carbonyl (C=O) groups is 1. The Kier molecular flexibility index (Phi) is 5.37. The highest BCUT2D eigenvalue weighted by Crippen LogP contribution is 2.21. The minimum atomic E-state index is -0.975. The Hall–Kier alpha value is -0.950. The zero-order valence-corrected chi connectivity index (χ0v) is 14.3. The topological polar surface area (TPSA) is 59.5 Å². The van der Waals surface area contributed by atoms with Gasteiger partial charge in [-0.3, -0.25) is 9.19 Å². The first-order valence-corrected chi connectivity index (χ1v) is 9.34. The van der Waals surface area contributed by atoms with Crippen molar-refractivity contribution in [3.63, 3.8) is 0 Å². The molecule has 1 aliphatic rings. The molecule has 1 amide bonds. The average Bonchev–Trinajstić information content (AvgIpc) is 2.90. The predicted octanol–water partition coefficient (Wildman–Crippen LogP) is 2.79. The summed E-state index contributed by atoms with van der Waals surface area (Å²) in [5, 5.41) is 0.0216. The molecule has 0 spiro atoms. The van der Waals surface area contributed by atoms with E-state index in [2.05, 4.69) is 4.98 Å². The molecule has 5 nitrogen and oxygen atoms in total. The molecule has 21 heavy (non-hydrogen) atoms. The number of amides is 1. The van der Waals surface area contributed by atoms with Crippen molar-refractivity contribution in [2.24, 2.45) is 0 Å². The second-order valence-electron chi connectivity index (χ2n) is 6.18. The Bertz CT molecular complexity index is 497. The van der Waals surface area contributed by atoms with Crippen molar-refractivity contribution >= 4 is 28.2 Å². The van der Waals surface area contributed by atoms with Gasteiger partial charge in [0.1, 0.15) is 5.60 Å². The first kappa shape index (κ1) is 16.4. The minimum Gasteiger partial charge on any atom is -0.444 e. The van der Waals surface area contributed by atoms with Gasteiger partial charge in [-0.15, -0.1) is 11.3 Å². The maximum atomic E-state index is 12.4.